The Kier molecular flexibility index (Phi) is 5.30. The maximum Gasteiger partial charge on any atom is 0.418 e. The van der Waals surface area contributed by atoms with Crippen LogP contribution in [0, 0.1) is 11.3 Å². The molecule has 1 N–H and O–H groups in total. The summed E-state index contributed by atoms with van der Waals surface area (Å²) in [6.07, 6.45) is -3.62. The van der Waals surface area contributed by atoms with Gasteiger partial charge in [-0.1, -0.05) is 12.1 Å². The lowest BCUT2D eigenvalue weighted by Crippen LogP contribution is -2.43. The third kappa shape index (κ3) is 3.83. The number of nitrogens with zero attached hydrogens (tertiary/aromatic N) is 3. The van der Waals surface area contributed by atoms with Gasteiger partial charge in [0.2, 0.25) is 5.91 Å². The number of hydrogen-bond donors (Lipinski definition) is 1. The molecule has 0 aliphatic rings. The van der Waals surface area contributed by atoms with E-state index in [1.165, 1.54) is 12.1 Å². The van der Waals surface area contributed by atoms with Crippen LogP contribution in [0.3, 0.4) is 0 Å². The highest BCUT2D eigenvalue weighted by Crippen LogP contribution is 2.34. The van der Waals surface area contributed by atoms with E-state index in [0.717, 1.165) is 22.9 Å². The molecule has 10 heteroatoms. The van der Waals surface area contributed by atoms with Gasteiger partial charge in [0.25, 0.3) is 5.56 Å². The number of amides is 1. The van der Waals surface area contributed by atoms with Crippen LogP contribution in [0.1, 0.15) is 18.1 Å². The highest BCUT2D eigenvalue weighted by atomic mass is 19.4. The van der Waals surface area contributed by atoms with E-state index in [9.17, 15) is 27.6 Å². The van der Waals surface area contributed by atoms with Gasteiger partial charge in [-0.2, -0.15) is 18.4 Å². The molecule has 0 aliphatic carbocycles. The molecule has 1 heterocycles. The summed E-state index contributed by atoms with van der Waals surface area (Å²) in [6, 6.07) is 5.93. The van der Waals surface area contributed by atoms with Crippen molar-refractivity contribution in [1.29, 1.82) is 5.26 Å². The van der Waals surface area contributed by atoms with Gasteiger partial charge in [-0.05, 0) is 19.1 Å². The van der Waals surface area contributed by atoms with Gasteiger partial charge < -0.3 is 5.32 Å². The quantitative estimate of drug-likeness (QED) is 0.888. The summed E-state index contributed by atoms with van der Waals surface area (Å²) in [5.41, 5.74) is -3.73. The number of para-hydroxylation sites is 1. The first-order chi connectivity index (χ1) is 12.2. The molecule has 26 heavy (non-hydrogen) atoms. The van der Waals surface area contributed by atoms with E-state index in [4.69, 9.17) is 5.26 Å². The third-order valence-electron chi connectivity index (χ3n) is 3.51. The molecule has 1 aromatic carbocycles. The van der Waals surface area contributed by atoms with E-state index >= 15 is 0 Å². The molecule has 7 nitrogen and oxygen atoms in total. The van der Waals surface area contributed by atoms with E-state index in [-0.39, 0.29) is 12.1 Å². The van der Waals surface area contributed by atoms with Crippen LogP contribution in [0.5, 0.6) is 0 Å². The smallest absolute Gasteiger partial charge is 0.324 e. The summed E-state index contributed by atoms with van der Waals surface area (Å²) in [4.78, 5) is 36.3. The monoisotopic (exact) mass is 366 g/mol. The molecule has 0 unspecified atom stereocenters. The summed E-state index contributed by atoms with van der Waals surface area (Å²) in [5, 5.41) is 11.0. The molecule has 1 aromatic heterocycles. The zero-order chi connectivity index (χ0) is 19.5. The second-order valence-electron chi connectivity index (χ2n) is 5.21. The number of alkyl halides is 3. The van der Waals surface area contributed by atoms with Gasteiger partial charge in [0, 0.05) is 12.7 Å². The van der Waals surface area contributed by atoms with Crippen molar-refractivity contribution >= 4 is 11.6 Å². The minimum Gasteiger partial charge on any atom is -0.324 e. The van der Waals surface area contributed by atoms with Gasteiger partial charge in [0.05, 0.1) is 11.3 Å². The third-order valence-corrected chi connectivity index (χ3v) is 3.51. The topological polar surface area (TPSA) is 96.9 Å². The molecule has 0 saturated heterocycles. The van der Waals surface area contributed by atoms with Crippen LogP contribution in [0.2, 0.25) is 0 Å². The summed E-state index contributed by atoms with van der Waals surface area (Å²) in [6.45, 7) is 0.919. The Balaban J connectivity index is 2.38. The summed E-state index contributed by atoms with van der Waals surface area (Å²) in [5.74, 6) is -1.00. The van der Waals surface area contributed by atoms with Crippen LogP contribution < -0.4 is 16.6 Å². The van der Waals surface area contributed by atoms with Crippen molar-refractivity contribution in [3.05, 3.63) is 62.4 Å². The van der Waals surface area contributed by atoms with Crippen molar-refractivity contribution in [2.75, 3.05) is 5.32 Å². The molecular weight excluding hydrogens is 353 g/mol. The SMILES string of the molecule is CCn1cc(C#N)c(=O)n(CC(=O)Nc2ccccc2C(F)(F)F)c1=O. The predicted octanol–water partition coefficient (Wildman–Crippen LogP) is 1.56. The molecule has 0 fully saturated rings. The van der Waals surface area contributed by atoms with Crippen molar-refractivity contribution < 1.29 is 18.0 Å². The second-order valence-corrected chi connectivity index (χ2v) is 5.21. The normalized spacial score (nSPS) is 11.0. The molecule has 0 atom stereocenters. The van der Waals surface area contributed by atoms with Gasteiger partial charge in [-0.3, -0.25) is 14.2 Å². The molecule has 1 amide bonds. The number of rotatable bonds is 4. The number of hydrogen-bond acceptors (Lipinski definition) is 4. The molecule has 0 saturated carbocycles. The lowest BCUT2D eigenvalue weighted by molar-refractivity contribution is -0.137. The molecule has 2 aromatic rings. The minimum absolute atomic E-state index is 0.145. The molecule has 0 radical (unpaired) electrons. The number of anilines is 1. The average Bonchev–Trinajstić information content (AvgIpc) is 2.58. The number of carbonyl (C=O) groups excluding carboxylic acids is 1. The van der Waals surface area contributed by atoms with Crippen LogP contribution in [0.4, 0.5) is 18.9 Å². The van der Waals surface area contributed by atoms with Crippen LogP contribution in [-0.2, 0) is 24.1 Å². The number of halogens is 3. The Morgan fingerprint density at radius 3 is 2.50 bits per heavy atom. The van der Waals surface area contributed by atoms with Crippen LogP contribution >= 0.6 is 0 Å². The van der Waals surface area contributed by atoms with Crippen molar-refractivity contribution in [3.63, 3.8) is 0 Å². The lowest BCUT2D eigenvalue weighted by Gasteiger charge is -2.14. The van der Waals surface area contributed by atoms with E-state index < -0.39 is 41.1 Å². The fourth-order valence-electron chi connectivity index (χ4n) is 2.27. The first-order valence-corrected chi connectivity index (χ1v) is 7.39. The van der Waals surface area contributed by atoms with Crippen molar-refractivity contribution in [2.24, 2.45) is 0 Å². The Bertz CT molecular complexity index is 1000. The number of nitrogens with one attached hydrogen (secondary N) is 1. The number of aryl methyl sites for hydroxylation is 1. The Hall–Kier alpha value is -3.35. The maximum absolute atomic E-state index is 13.0. The predicted molar refractivity (Wildman–Crippen MR) is 85.4 cm³/mol. The number of benzene rings is 1. The van der Waals surface area contributed by atoms with Crippen LogP contribution in [0.15, 0.2) is 40.1 Å². The fraction of sp³-hybridized carbons (Fsp3) is 0.250. The van der Waals surface area contributed by atoms with Gasteiger partial charge in [-0.25, -0.2) is 9.36 Å². The Morgan fingerprint density at radius 2 is 1.92 bits per heavy atom. The maximum atomic E-state index is 13.0. The lowest BCUT2D eigenvalue weighted by atomic mass is 10.1. The first-order valence-electron chi connectivity index (χ1n) is 7.39. The molecule has 136 valence electrons. The summed E-state index contributed by atoms with van der Waals surface area (Å²) in [7, 11) is 0. The van der Waals surface area contributed by atoms with E-state index in [0.29, 0.717) is 4.57 Å². The first kappa shape index (κ1) is 19.0. The molecule has 0 spiro atoms. The van der Waals surface area contributed by atoms with Gasteiger partial charge in [0.15, 0.2) is 0 Å². The average molecular weight is 366 g/mol. The van der Waals surface area contributed by atoms with Gasteiger partial charge in [-0.15, -0.1) is 0 Å². The van der Waals surface area contributed by atoms with Gasteiger partial charge in [0.1, 0.15) is 18.2 Å². The van der Waals surface area contributed by atoms with E-state index in [2.05, 4.69) is 0 Å². The van der Waals surface area contributed by atoms with Gasteiger partial charge >= 0.3 is 11.9 Å². The molecular formula is C16H13F3N4O3. The molecule has 0 aliphatic heterocycles. The number of nitriles is 1. The van der Waals surface area contributed by atoms with Crippen molar-refractivity contribution in [2.45, 2.75) is 26.2 Å². The van der Waals surface area contributed by atoms with Crippen LogP contribution in [-0.4, -0.2) is 15.0 Å². The number of carbonyl (C=O) groups is 1. The van der Waals surface area contributed by atoms with Crippen molar-refractivity contribution in [3.8, 4) is 6.07 Å². The molecule has 2 rings (SSSR count). The summed E-state index contributed by atoms with van der Waals surface area (Å²) >= 11 is 0. The number of aromatic nitrogens is 2. The Labute approximate surface area is 144 Å². The van der Waals surface area contributed by atoms with E-state index in [1.807, 2.05) is 5.32 Å². The standard InChI is InChI=1S/C16H13F3N4O3/c1-2-22-8-10(7-20)14(25)23(15(22)26)9-13(24)21-12-6-4-3-5-11(12)16(17,18)19/h3-6,8H,2,9H2,1H3,(H,21,24). The minimum atomic E-state index is -4.68. The highest BCUT2D eigenvalue weighted by molar-refractivity contribution is 5.91. The zero-order valence-electron chi connectivity index (χ0n) is 13.5. The zero-order valence-corrected chi connectivity index (χ0v) is 13.5. The second kappa shape index (κ2) is 7.26. The molecule has 0 bridgehead atoms. The Morgan fingerprint density at radius 1 is 1.27 bits per heavy atom. The highest BCUT2D eigenvalue weighted by Gasteiger charge is 2.33. The van der Waals surface area contributed by atoms with Crippen molar-refractivity contribution in [1.82, 2.24) is 9.13 Å². The van der Waals surface area contributed by atoms with Crippen LogP contribution in [0.25, 0.3) is 0 Å². The fourth-order valence-corrected chi connectivity index (χ4v) is 2.27. The van der Waals surface area contributed by atoms with E-state index in [1.54, 1.807) is 13.0 Å². The largest absolute Gasteiger partial charge is 0.418 e. The summed E-state index contributed by atoms with van der Waals surface area (Å²) < 4.78 is 40.4.